The van der Waals surface area contributed by atoms with Crippen LogP contribution in [0.3, 0.4) is 0 Å². The van der Waals surface area contributed by atoms with E-state index in [-0.39, 0.29) is 29.5 Å². The normalized spacial score (nSPS) is 15.3. The van der Waals surface area contributed by atoms with E-state index < -0.39 is 17.0 Å². The van der Waals surface area contributed by atoms with E-state index in [2.05, 4.69) is 5.32 Å². The molecule has 2 aromatic carbocycles. The molecule has 154 valence electrons. The molecule has 0 radical (unpaired) electrons. The minimum atomic E-state index is -0.505. The van der Waals surface area contributed by atoms with Crippen molar-refractivity contribution >= 4 is 41.0 Å². The van der Waals surface area contributed by atoms with Crippen LogP contribution in [0.15, 0.2) is 59.5 Å². The number of amides is 3. The molecule has 0 spiro atoms. The number of hydrogen-bond donors (Lipinski definition) is 1. The summed E-state index contributed by atoms with van der Waals surface area (Å²) < 4.78 is 18.9. The van der Waals surface area contributed by atoms with Gasteiger partial charge in [0.05, 0.1) is 12.0 Å². The second-order valence-corrected chi connectivity index (χ2v) is 7.25. The van der Waals surface area contributed by atoms with Gasteiger partial charge >= 0.3 is 0 Å². The highest BCUT2D eigenvalue weighted by atomic mass is 32.2. The van der Waals surface area contributed by atoms with Gasteiger partial charge in [0.2, 0.25) is 5.91 Å². The maximum atomic E-state index is 13.8. The van der Waals surface area contributed by atoms with E-state index in [1.54, 1.807) is 37.5 Å². The SMILES string of the molecule is COc1cccc(/C=C/C(=O)NCCN2C(=O)S/C(=C\c3ccccc3F)C2=O)c1. The second-order valence-electron chi connectivity index (χ2n) is 6.26. The Hall–Kier alpha value is -3.39. The summed E-state index contributed by atoms with van der Waals surface area (Å²) in [5.74, 6) is -0.652. The lowest BCUT2D eigenvalue weighted by Crippen LogP contribution is -2.36. The molecule has 1 N–H and O–H groups in total. The highest BCUT2D eigenvalue weighted by Gasteiger charge is 2.34. The molecule has 3 rings (SSSR count). The molecule has 1 saturated heterocycles. The van der Waals surface area contributed by atoms with E-state index in [1.807, 2.05) is 12.1 Å². The first-order valence-electron chi connectivity index (χ1n) is 9.08. The van der Waals surface area contributed by atoms with E-state index in [4.69, 9.17) is 4.74 Å². The molecule has 2 aromatic rings. The standard InChI is InChI=1S/C22H19FN2O4S/c1-29-17-7-4-5-15(13-17)9-10-20(26)24-11-12-25-21(27)19(30-22(25)28)14-16-6-2-3-8-18(16)23/h2-10,13-14H,11-12H2,1H3,(H,24,26)/b10-9+,19-14-. The lowest BCUT2D eigenvalue weighted by molar-refractivity contribution is -0.123. The Morgan fingerprint density at radius 3 is 2.77 bits per heavy atom. The molecule has 6 nitrogen and oxygen atoms in total. The van der Waals surface area contributed by atoms with Gasteiger partial charge in [0, 0.05) is 24.7 Å². The Balaban J connectivity index is 1.53. The fourth-order valence-corrected chi connectivity index (χ4v) is 3.55. The third-order valence-corrected chi connectivity index (χ3v) is 5.13. The molecule has 1 aliphatic rings. The number of methoxy groups -OCH3 is 1. The molecule has 0 atom stereocenters. The van der Waals surface area contributed by atoms with Gasteiger partial charge in [0.15, 0.2) is 0 Å². The Bertz CT molecular complexity index is 1040. The predicted molar refractivity (Wildman–Crippen MR) is 114 cm³/mol. The van der Waals surface area contributed by atoms with Crippen LogP contribution in [0.25, 0.3) is 12.2 Å². The zero-order chi connectivity index (χ0) is 21.5. The molecule has 8 heteroatoms. The van der Waals surface area contributed by atoms with E-state index >= 15 is 0 Å². The fourth-order valence-electron chi connectivity index (χ4n) is 2.69. The first-order valence-corrected chi connectivity index (χ1v) is 9.89. The number of halogens is 1. The Morgan fingerprint density at radius 2 is 2.00 bits per heavy atom. The minimum Gasteiger partial charge on any atom is -0.497 e. The number of thioether (sulfide) groups is 1. The number of hydrogen-bond acceptors (Lipinski definition) is 5. The molecule has 0 aromatic heterocycles. The van der Waals surface area contributed by atoms with Crippen molar-refractivity contribution in [2.45, 2.75) is 0 Å². The fraction of sp³-hybridized carbons (Fsp3) is 0.136. The summed E-state index contributed by atoms with van der Waals surface area (Å²) in [7, 11) is 1.56. The summed E-state index contributed by atoms with van der Waals surface area (Å²) in [6, 6.07) is 13.2. The van der Waals surface area contributed by atoms with Crippen LogP contribution in [-0.2, 0) is 9.59 Å². The number of carbonyl (C=O) groups is 3. The van der Waals surface area contributed by atoms with Gasteiger partial charge in [-0.2, -0.15) is 0 Å². The zero-order valence-corrected chi connectivity index (χ0v) is 16.9. The largest absolute Gasteiger partial charge is 0.497 e. The van der Waals surface area contributed by atoms with Crippen LogP contribution in [0, 0.1) is 5.82 Å². The highest BCUT2D eigenvalue weighted by Crippen LogP contribution is 2.32. The van der Waals surface area contributed by atoms with Crippen molar-refractivity contribution in [2.24, 2.45) is 0 Å². The summed E-state index contributed by atoms with van der Waals surface area (Å²) in [5, 5.41) is 2.18. The van der Waals surface area contributed by atoms with Crippen molar-refractivity contribution in [1.29, 1.82) is 0 Å². The average Bonchev–Trinajstić information content (AvgIpc) is 3.01. The minimum absolute atomic E-state index is 0.0258. The summed E-state index contributed by atoms with van der Waals surface area (Å²) in [5.41, 5.74) is 1.03. The smallest absolute Gasteiger partial charge is 0.293 e. The topological polar surface area (TPSA) is 75.7 Å². The van der Waals surface area contributed by atoms with Crippen LogP contribution in [0.4, 0.5) is 9.18 Å². The first-order chi connectivity index (χ1) is 14.5. The number of ether oxygens (including phenoxy) is 1. The molecule has 0 saturated carbocycles. The second kappa shape index (κ2) is 9.89. The van der Waals surface area contributed by atoms with E-state index in [0.29, 0.717) is 5.75 Å². The van der Waals surface area contributed by atoms with Crippen molar-refractivity contribution in [3.63, 3.8) is 0 Å². The molecule has 0 unspecified atom stereocenters. The Morgan fingerprint density at radius 1 is 1.20 bits per heavy atom. The number of carbonyl (C=O) groups excluding carboxylic acids is 3. The van der Waals surface area contributed by atoms with Gasteiger partial charge in [-0.25, -0.2) is 4.39 Å². The summed E-state index contributed by atoms with van der Waals surface area (Å²) in [6.07, 6.45) is 4.35. The number of nitrogens with one attached hydrogen (secondary N) is 1. The number of imide groups is 1. The average molecular weight is 426 g/mol. The van der Waals surface area contributed by atoms with Gasteiger partial charge in [-0.15, -0.1) is 0 Å². The van der Waals surface area contributed by atoms with Gasteiger partial charge in [-0.05, 0) is 47.7 Å². The molecular weight excluding hydrogens is 407 g/mol. The van der Waals surface area contributed by atoms with Gasteiger partial charge in [-0.3, -0.25) is 19.3 Å². The summed E-state index contributed by atoms with van der Waals surface area (Å²) in [4.78, 5) is 37.7. The monoisotopic (exact) mass is 426 g/mol. The molecule has 0 bridgehead atoms. The maximum absolute atomic E-state index is 13.8. The predicted octanol–water partition coefficient (Wildman–Crippen LogP) is 3.70. The first kappa shape index (κ1) is 21.3. The van der Waals surface area contributed by atoms with E-state index in [1.165, 1.54) is 24.3 Å². The molecule has 3 amide bonds. The van der Waals surface area contributed by atoms with Crippen LogP contribution in [0.1, 0.15) is 11.1 Å². The molecule has 1 fully saturated rings. The van der Waals surface area contributed by atoms with Crippen LogP contribution < -0.4 is 10.1 Å². The molecular formula is C22H19FN2O4S. The van der Waals surface area contributed by atoms with Gasteiger partial charge in [-0.1, -0.05) is 30.3 Å². The highest BCUT2D eigenvalue weighted by molar-refractivity contribution is 8.18. The quantitative estimate of drug-likeness (QED) is 0.684. The van der Waals surface area contributed by atoms with Gasteiger partial charge in [0.25, 0.3) is 11.1 Å². The number of rotatable bonds is 7. The van der Waals surface area contributed by atoms with Gasteiger partial charge < -0.3 is 10.1 Å². The van der Waals surface area contributed by atoms with Crippen LogP contribution >= 0.6 is 11.8 Å². The van der Waals surface area contributed by atoms with Crippen molar-refractivity contribution in [2.75, 3.05) is 20.2 Å². The lowest BCUT2D eigenvalue weighted by Gasteiger charge is -2.12. The number of benzene rings is 2. The lowest BCUT2D eigenvalue weighted by atomic mass is 10.2. The summed E-state index contributed by atoms with van der Waals surface area (Å²) >= 11 is 0.748. The number of nitrogens with zero attached hydrogens (tertiary/aromatic N) is 1. The Kier molecular flexibility index (Phi) is 7.03. The van der Waals surface area contributed by atoms with Crippen LogP contribution in [0.2, 0.25) is 0 Å². The van der Waals surface area contributed by atoms with Crippen molar-refractivity contribution in [3.8, 4) is 5.75 Å². The van der Waals surface area contributed by atoms with Crippen molar-refractivity contribution in [1.82, 2.24) is 10.2 Å². The van der Waals surface area contributed by atoms with Crippen LogP contribution in [-0.4, -0.2) is 42.2 Å². The zero-order valence-electron chi connectivity index (χ0n) is 16.1. The van der Waals surface area contributed by atoms with E-state index in [0.717, 1.165) is 22.2 Å². The van der Waals surface area contributed by atoms with Crippen molar-refractivity contribution < 1.29 is 23.5 Å². The van der Waals surface area contributed by atoms with Crippen LogP contribution in [0.5, 0.6) is 5.75 Å². The van der Waals surface area contributed by atoms with Gasteiger partial charge in [0.1, 0.15) is 11.6 Å². The third-order valence-electron chi connectivity index (χ3n) is 4.22. The molecule has 0 aliphatic carbocycles. The maximum Gasteiger partial charge on any atom is 0.293 e. The van der Waals surface area contributed by atoms with Crippen molar-refractivity contribution in [3.05, 3.63) is 76.5 Å². The molecule has 30 heavy (non-hydrogen) atoms. The molecule has 1 aliphatic heterocycles. The Labute approximate surface area is 177 Å². The third kappa shape index (κ3) is 5.36. The van der Waals surface area contributed by atoms with E-state index in [9.17, 15) is 18.8 Å². The summed E-state index contributed by atoms with van der Waals surface area (Å²) in [6.45, 7) is 0.129. The molecule has 1 heterocycles.